The molecule has 0 N–H and O–H groups in total. The van der Waals surface area contributed by atoms with Crippen LogP contribution in [0.15, 0.2) is 303 Å². The van der Waals surface area contributed by atoms with Crippen molar-refractivity contribution in [2.75, 3.05) is 9.80 Å². The van der Waals surface area contributed by atoms with E-state index in [1.807, 2.05) is 36.4 Å². The standard InChI is InChI=1S/C80H50N8/c1-82-66-51-73(87-71-44-24-42-69(83(54-26-8-2-9-27-54)55-28-10-3-11-29-55)79(71)64-49-74-62(47-76(64)87)60-38-20-22-40-67(60)85(74)58-34-16-6-17-35-58)53(52-81)46-78(66)88-72-45-25-43-70(84(56-30-12-4-13-31-56)57-32-14-5-15-33-57)80(72)65-50-75-63(48-77(65)88)61-39-21-23-41-68(61)86(75)59-36-18-7-19-37-59/h2-51H. The van der Waals surface area contributed by atoms with Gasteiger partial charge in [-0.05, 0) is 146 Å². The number of anilines is 6. The van der Waals surface area contributed by atoms with Crippen LogP contribution in [-0.2, 0) is 0 Å². The number of rotatable bonds is 10. The topological polar surface area (TPSA) is 54.4 Å². The summed E-state index contributed by atoms with van der Waals surface area (Å²) in [5.74, 6) is 0. The lowest BCUT2D eigenvalue weighted by atomic mass is 10.1. The number of para-hydroxylation sites is 8. The Kier molecular flexibility index (Phi) is 11.5. The highest BCUT2D eigenvalue weighted by atomic mass is 15.2. The molecular formula is C80H50N8. The number of hydrogen-bond acceptors (Lipinski definition) is 3. The number of nitrogens with zero attached hydrogens (tertiary/aromatic N) is 8. The lowest BCUT2D eigenvalue weighted by Crippen LogP contribution is -2.10. The molecule has 0 aliphatic rings. The number of aromatic nitrogens is 4. The van der Waals surface area contributed by atoms with E-state index in [1.165, 1.54) is 0 Å². The van der Waals surface area contributed by atoms with E-state index >= 15 is 0 Å². The molecule has 8 nitrogen and oxygen atoms in total. The first-order valence-corrected chi connectivity index (χ1v) is 29.5. The van der Waals surface area contributed by atoms with Gasteiger partial charge in [0.05, 0.1) is 79.0 Å². The lowest BCUT2D eigenvalue weighted by Gasteiger charge is -2.26. The highest BCUT2D eigenvalue weighted by Gasteiger charge is 2.28. The van der Waals surface area contributed by atoms with E-state index in [0.717, 1.165) is 133 Å². The molecule has 0 atom stereocenters. The Morgan fingerprint density at radius 1 is 0.295 bits per heavy atom. The second-order valence-electron chi connectivity index (χ2n) is 22.3. The van der Waals surface area contributed by atoms with Crippen LogP contribution in [0.5, 0.6) is 0 Å². The molecule has 8 heteroatoms. The van der Waals surface area contributed by atoms with E-state index in [1.54, 1.807) is 0 Å². The zero-order chi connectivity index (χ0) is 58.4. The lowest BCUT2D eigenvalue weighted by molar-refractivity contribution is 1.14. The molecule has 0 fully saturated rings. The molecule has 0 aliphatic carbocycles. The van der Waals surface area contributed by atoms with E-state index in [9.17, 15) is 11.8 Å². The van der Waals surface area contributed by atoms with Gasteiger partial charge < -0.3 is 28.1 Å². The van der Waals surface area contributed by atoms with Gasteiger partial charge in [-0.1, -0.05) is 158 Å². The van der Waals surface area contributed by atoms with Crippen LogP contribution in [0.1, 0.15) is 5.56 Å². The Balaban J connectivity index is 0.984. The summed E-state index contributed by atoms with van der Waals surface area (Å²) in [5.41, 5.74) is 18.0. The summed E-state index contributed by atoms with van der Waals surface area (Å²) in [6.07, 6.45) is 0. The van der Waals surface area contributed by atoms with Gasteiger partial charge in [0.25, 0.3) is 0 Å². The first kappa shape index (κ1) is 50.2. The summed E-state index contributed by atoms with van der Waals surface area (Å²) in [6, 6.07) is 109. The molecular weight excluding hydrogens is 1070 g/mol. The van der Waals surface area contributed by atoms with Crippen molar-refractivity contribution < 1.29 is 0 Å². The van der Waals surface area contributed by atoms with Gasteiger partial charge in [0.15, 0.2) is 0 Å². The molecule has 0 saturated heterocycles. The van der Waals surface area contributed by atoms with Crippen LogP contribution in [0.25, 0.3) is 115 Å². The molecule has 17 aromatic rings. The van der Waals surface area contributed by atoms with Crippen molar-refractivity contribution in [1.29, 1.82) is 5.26 Å². The van der Waals surface area contributed by atoms with E-state index in [2.05, 4.69) is 306 Å². The molecule has 0 bridgehead atoms. The Morgan fingerprint density at radius 2 is 0.636 bits per heavy atom. The molecule has 13 aromatic carbocycles. The normalized spacial score (nSPS) is 11.6. The minimum Gasteiger partial charge on any atom is -0.319 e. The van der Waals surface area contributed by atoms with Crippen LogP contribution >= 0.6 is 0 Å². The number of hydrogen-bond donors (Lipinski definition) is 0. The van der Waals surface area contributed by atoms with E-state index in [4.69, 9.17) is 0 Å². The third-order valence-electron chi connectivity index (χ3n) is 17.5. The molecule has 4 aromatic heterocycles. The van der Waals surface area contributed by atoms with Crippen LogP contribution in [0, 0.1) is 17.9 Å². The van der Waals surface area contributed by atoms with Gasteiger partial charge in [-0.3, -0.25) is 0 Å². The maximum absolute atomic E-state index is 11.9. The number of fused-ring (bicyclic) bond motifs is 12. The van der Waals surface area contributed by atoms with E-state index < -0.39 is 0 Å². The summed E-state index contributed by atoms with van der Waals surface area (Å²) in [7, 11) is 0. The van der Waals surface area contributed by atoms with Gasteiger partial charge in [-0.25, -0.2) is 4.85 Å². The molecule has 410 valence electrons. The third kappa shape index (κ3) is 7.63. The molecule has 0 spiro atoms. The van der Waals surface area contributed by atoms with Gasteiger partial charge >= 0.3 is 0 Å². The predicted octanol–water partition coefficient (Wildman–Crippen LogP) is 21.4. The molecule has 0 aliphatic heterocycles. The zero-order valence-electron chi connectivity index (χ0n) is 47.4. The van der Waals surface area contributed by atoms with Crippen molar-refractivity contribution in [3.63, 3.8) is 0 Å². The Hall–Kier alpha value is -12.4. The first-order chi connectivity index (χ1) is 43.6. The van der Waals surface area contributed by atoms with Crippen molar-refractivity contribution >= 4 is 127 Å². The van der Waals surface area contributed by atoms with Crippen molar-refractivity contribution in [3.05, 3.63) is 320 Å². The minimum atomic E-state index is 0.399. The fourth-order valence-electron chi connectivity index (χ4n) is 13.9. The SMILES string of the molecule is [C-]#[N+]c1cc(-n2c3cc4c5ccccc5n(-c5ccccc5)c4cc3c3c(N(c4ccccc4)c4ccccc4)cccc32)c(C#N)cc1-n1c2cc3c4ccccc4n(-c4ccccc4)c3cc2c2c(N(c3ccccc3)c3ccccc3)cccc21. The fourth-order valence-corrected chi connectivity index (χ4v) is 13.9. The Bertz CT molecular complexity index is 5260. The summed E-state index contributed by atoms with van der Waals surface area (Å²) in [5, 5.41) is 20.3. The number of benzene rings is 13. The maximum Gasteiger partial charge on any atom is 0.212 e. The summed E-state index contributed by atoms with van der Waals surface area (Å²) < 4.78 is 9.19. The second kappa shape index (κ2) is 20.2. The highest BCUT2D eigenvalue weighted by Crippen LogP contribution is 2.50. The van der Waals surface area contributed by atoms with Gasteiger partial charge in [-0.2, -0.15) is 5.26 Å². The minimum absolute atomic E-state index is 0.399. The predicted molar refractivity (Wildman–Crippen MR) is 364 cm³/mol. The number of nitriles is 1. The third-order valence-corrected chi connectivity index (χ3v) is 17.5. The summed E-state index contributed by atoms with van der Waals surface area (Å²) in [4.78, 5) is 9.13. The van der Waals surface area contributed by atoms with Crippen molar-refractivity contribution in [2.45, 2.75) is 0 Å². The zero-order valence-corrected chi connectivity index (χ0v) is 47.4. The maximum atomic E-state index is 11.9. The first-order valence-electron chi connectivity index (χ1n) is 29.5. The summed E-state index contributed by atoms with van der Waals surface area (Å²) >= 11 is 0. The van der Waals surface area contributed by atoms with Crippen molar-refractivity contribution in [3.8, 4) is 28.8 Å². The molecule has 0 radical (unpaired) electrons. The summed E-state index contributed by atoms with van der Waals surface area (Å²) in [6.45, 7) is 9.31. The van der Waals surface area contributed by atoms with Crippen LogP contribution < -0.4 is 9.80 Å². The molecule has 4 heterocycles. The smallest absolute Gasteiger partial charge is 0.212 e. The van der Waals surface area contributed by atoms with Crippen LogP contribution in [0.4, 0.5) is 39.8 Å². The van der Waals surface area contributed by atoms with Crippen molar-refractivity contribution in [2.24, 2.45) is 0 Å². The van der Waals surface area contributed by atoms with E-state index in [-0.39, 0.29) is 0 Å². The molecule has 0 amide bonds. The second-order valence-corrected chi connectivity index (χ2v) is 22.3. The Morgan fingerprint density at radius 3 is 1.03 bits per heavy atom. The monoisotopic (exact) mass is 1120 g/mol. The van der Waals surface area contributed by atoms with Crippen LogP contribution in [-0.4, -0.2) is 18.3 Å². The van der Waals surface area contributed by atoms with Gasteiger partial charge in [0, 0.05) is 77.2 Å². The molecule has 88 heavy (non-hydrogen) atoms. The van der Waals surface area contributed by atoms with Crippen LogP contribution in [0.2, 0.25) is 0 Å². The van der Waals surface area contributed by atoms with Gasteiger partial charge in [0.2, 0.25) is 5.69 Å². The van der Waals surface area contributed by atoms with Gasteiger partial charge in [0.1, 0.15) is 6.07 Å². The molecule has 17 rings (SSSR count). The molecule has 0 saturated carbocycles. The van der Waals surface area contributed by atoms with Crippen molar-refractivity contribution in [1.82, 2.24) is 18.3 Å². The average molecular weight is 1120 g/mol. The van der Waals surface area contributed by atoms with E-state index in [0.29, 0.717) is 22.6 Å². The average Bonchev–Trinajstić information content (AvgIpc) is 2.08. The Labute approximate surface area is 506 Å². The fraction of sp³-hybridized carbons (Fsp3) is 0. The quantitative estimate of drug-likeness (QED) is 0.128. The largest absolute Gasteiger partial charge is 0.319 e. The molecule has 0 unspecified atom stereocenters. The highest BCUT2D eigenvalue weighted by molar-refractivity contribution is 6.24. The van der Waals surface area contributed by atoms with Crippen LogP contribution in [0.3, 0.4) is 0 Å². The van der Waals surface area contributed by atoms with Gasteiger partial charge in [-0.15, -0.1) is 0 Å².